The van der Waals surface area contributed by atoms with Crippen molar-refractivity contribution in [3.8, 4) is 22.5 Å². The van der Waals surface area contributed by atoms with Gasteiger partial charge in [0.2, 0.25) is 43.8 Å². The molecule has 6 amide bonds. The van der Waals surface area contributed by atoms with Gasteiger partial charge in [0.05, 0.1) is 175 Å². The first-order valence-electron chi connectivity index (χ1n) is 47.6. The van der Waals surface area contributed by atoms with Crippen LogP contribution in [0.15, 0.2) is 88.9 Å². The molecular weight excluding hydrogens is 1840 g/mol. The largest absolute Gasteiger partial charge is 0.444 e. The molecule has 6 aliphatic rings. The van der Waals surface area contributed by atoms with Gasteiger partial charge in [-0.3, -0.25) is 29.4 Å². The number of halogens is 1. The quantitative estimate of drug-likeness (QED) is 0.0136. The summed E-state index contributed by atoms with van der Waals surface area (Å²) in [6.45, 7) is 28.7. The third-order valence-electron chi connectivity index (χ3n) is 22.3. The smallest absolute Gasteiger partial charge is 0.410 e. The number of fused-ring (bicyclic) bond motifs is 3. The number of sulfonamides is 2. The Morgan fingerprint density at radius 1 is 0.522 bits per heavy atom. The van der Waals surface area contributed by atoms with Crippen molar-refractivity contribution in [2.45, 2.75) is 197 Å². The number of piperidine rings is 1. The Bertz CT molecular complexity index is 5150. The number of rotatable bonds is 44. The zero-order valence-electron chi connectivity index (χ0n) is 80.6. The number of carbonyl (C=O) groups excluding carboxylic acids is 6. The number of aromatic nitrogens is 8. The number of imide groups is 2. The minimum atomic E-state index is -3.75. The highest BCUT2D eigenvalue weighted by molar-refractivity contribution is 7.89. The fraction of sp³-hybridized carbons (Fsp3) is 0.634. The van der Waals surface area contributed by atoms with Gasteiger partial charge in [-0.1, -0.05) is 57.0 Å². The number of nitrogens with zero attached hydrogens (tertiary/aromatic N) is 12. The number of unbranched alkanes of at least 4 members (excludes halogenated alkanes) is 2. The SMILES string of the molecule is CC(C)(C)OC(=O)NCCOCCOCCOCCOCCO.CCCCNc1ncc2c(-c3ccc(S(=O)(=O)N4CCN(C(=O)OC(C)(C)C)CC4)cc3)nn(C3CCC(O)CC3)c2n1.CCCCNc1ncc2c(-c3ccc(S(=O)(=O)N4CCNCC4)cc3)nn(C3CCC(O)CC3)c2n1.NCCOCCOCCOCCOCCO.O=C1CCC(N2C(=O)c3cccc(F)c3C2=O)C(=O)N1. The second-order valence-electron chi connectivity index (χ2n) is 35.2. The molecule has 0 radical (unpaired) electrons. The summed E-state index contributed by atoms with van der Waals surface area (Å²) >= 11 is 0. The molecular formula is C93H141FN18O24S2. The highest BCUT2D eigenvalue weighted by Crippen LogP contribution is 2.39. The molecule has 11 N–H and O–H groups in total. The first kappa shape index (κ1) is 112. The number of aliphatic hydroxyl groups is 4. The Morgan fingerprint density at radius 2 is 0.942 bits per heavy atom. The molecule has 42 nitrogen and oxygen atoms in total. The molecule has 13 rings (SSSR count). The van der Waals surface area contributed by atoms with E-state index in [9.17, 15) is 60.2 Å². The number of hydrogen-bond donors (Lipinski definition) is 10. The van der Waals surface area contributed by atoms with Crippen LogP contribution >= 0.6 is 0 Å². The van der Waals surface area contributed by atoms with Gasteiger partial charge in [0.15, 0.2) is 11.3 Å². The van der Waals surface area contributed by atoms with Crippen molar-refractivity contribution in [3.05, 3.63) is 96.1 Å². The van der Waals surface area contributed by atoms with Crippen LogP contribution in [0.4, 0.5) is 25.9 Å². The molecule has 138 heavy (non-hydrogen) atoms. The summed E-state index contributed by atoms with van der Waals surface area (Å²) in [6.07, 6.45) is 12.6. The molecule has 2 saturated carbocycles. The second kappa shape index (κ2) is 57.3. The first-order valence-corrected chi connectivity index (χ1v) is 50.4. The predicted molar refractivity (Wildman–Crippen MR) is 511 cm³/mol. The van der Waals surface area contributed by atoms with Gasteiger partial charge in [0.1, 0.15) is 34.4 Å². The van der Waals surface area contributed by atoms with Gasteiger partial charge in [0.25, 0.3) is 11.8 Å². The summed E-state index contributed by atoms with van der Waals surface area (Å²) in [5.41, 5.74) is 8.28. The monoisotopic (exact) mass is 1980 g/mol. The average molecular weight is 1980 g/mol. The number of hydrogen-bond acceptors (Lipinski definition) is 34. The summed E-state index contributed by atoms with van der Waals surface area (Å²) < 4.78 is 126. The zero-order valence-corrected chi connectivity index (χ0v) is 82.2. The van der Waals surface area contributed by atoms with Crippen molar-refractivity contribution in [1.82, 2.24) is 73.9 Å². The third kappa shape index (κ3) is 35.0. The van der Waals surface area contributed by atoms with Crippen LogP contribution in [0, 0.1) is 5.82 Å². The van der Waals surface area contributed by atoms with Gasteiger partial charge in [-0.15, -0.1) is 0 Å². The van der Waals surface area contributed by atoms with E-state index in [0.29, 0.717) is 175 Å². The lowest BCUT2D eigenvalue weighted by Gasteiger charge is -2.35. The van der Waals surface area contributed by atoms with Gasteiger partial charge < -0.3 is 99.7 Å². The molecule has 0 bridgehead atoms. The van der Waals surface area contributed by atoms with Gasteiger partial charge in [0, 0.05) is 108 Å². The molecule has 1 atom stereocenters. The molecule has 8 heterocycles. The van der Waals surface area contributed by atoms with Crippen molar-refractivity contribution in [2.75, 3.05) is 208 Å². The van der Waals surface area contributed by atoms with Gasteiger partial charge in [-0.25, -0.2) is 50.1 Å². The minimum Gasteiger partial charge on any atom is -0.444 e. The van der Waals surface area contributed by atoms with E-state index >= 15 is 0 Å². The lowest BCUT2D eigenvalue weighted by atomic mass is 9.93. The molecule has 2 aliphatic carbocycles. The number of piperazine rings is 2. The summed E-state index contributed by atoms with van der Waals surface area (Å²) in [5.74, 6) is -2.37. The number of ether oxygens (including phenoxy) is 10. The van der Waals surface area contributed by atoms with Crippen LogP contribution in [0.2, 0.25) is 0 Å². The standard InChI is InChI=1S/C30H43N7O5S.C25H35N7O3S.C15H31NO7.C13H9FN2O4.C10H23NO5/c1-5-6-15-31-28-32-20-25-26(34-37(27(25)33-28)22-9-11-23(38)12-10-22)21-7-13-24(14-8-21)43(40,41)36-18-16-35(17-19-36)29(39)42-30(2,3)4;1-2-3-12-27-25-28-17-22-23(30-32(24(22)29-25)19-6-8-20(33)9-7-19)18-4-10-21(11-5-18)36(34,35)31-15-13-26-14-16-31;1-15(2,3)23-14(18)16-4-6-19-8-10-21-12-13-22-11-9-20-7-5-17;14-7-3-1-2-6-10(7)13(20)16(12(6)19)8-4-5-9(17)15-11(8)18;11-1-3-13-5-7-15-9-10-16-8-6-14-4-2-12/h7-8,13-14,20,22-23,38H,5-6,9-12,15-19H2,1-4H3,(H,31,32,33);4-5,10-11,17,19-20,26,33H,2-3,6-9,12-16H2,1H3,(H,27,28,29);17H,4-13H2,1-3H3,(H,16,18);1-3,8H,4-5H2,(H,15,17,18);12H,1-11H2. The number of alkyl carbamates (subject to hydrolysis) is 1. The average Bonchev–Trinajstić information content (AvgIpc) is 1.62. The highest BCUT2D eigenvalue weighted by atomic mass is 32.2. The molecule has 766 valence electrons. The molecule has 4 aliphatic heterocycles. The number of carbonyl (C=O) groups is 6. The first-order chi connectivity index (χ1) is 66.3. The zero-order chi connectivity index (χ0) is 99.6. The molecule has 7 aromatic rings. The third-order valence-corrected chi connectivity index (χ3v) is 26.2. The van der Waals surface area contributed by atoms with Crippen LogP contribution < -0.4 is 32.3 Å². The molecule has 0 spiro atoms. The summed E-state index contributed by atoms with van der Waals surface area (Å²) in [4.78, 5) is 92.3. The normalized spacial score (nSPS) is 18.3. The number of nitrogens with one attached hydrogen (secondary N) is 5. The number of benzene rings is 3. The lowest BCUT2D eigenvalue weighted by Crippen LogP contribution is -2.54. The fourth-order valence-corrected chi connectivity index (χ4v) is 18.1. The maximum Gasteiger partial charge on any atom is 0.410 e. The topological polar surface area (TPSA) is 530 Å². The van der Waals surface area contributed by atoms with Gasteiger partial charge in [-0.05, 0) is 149 Å². The molecule has 3 aromatic carbocycles. The Hall–Kier alpha value is -9.63. The van der Waals surface area contributed by atoms with Crippen LogP contribution in [-0.2, 0) is 77.0 Å². The molecule has 45 heteroatoms. The van der Waals surface area contributed by atoms with Crippen LogP contribution in [0.1, 0.15) is 178 Å². The Labute approximate surface area is 806 Å². The number of nitrogens with two attached hydrogens (primary N) is 1. The maximum atomic E-state index is 13.7. The van der Waals surface area contributed by atoms with Gasteiger partial charge >= 0.3 is 12.2 Å². The van der Waals surface area contributed by atoms with Crippen molar-refractivity contribution in [2.24, 2.45) is 5.73 Å². The van der Waals surface area contributed by atoms with Crippen molar-refractivity contribution < 1.29 is 118 Å². The van der Waals surface area contributed by atoms with E-state index < -0.39 is 78.9 Å². The molecule has 5 fully saturated rings. The minimum absolute atomic E-state index is 0.0242. The number of aliphatic hydroxyl groups excluding tert-OH is 4. The van der Waals surface area contributed by atoms with E-state index in [1.165, 1.54) is 20.7 Å². The second-order valence-corrected chi connectivity index (χ2v) is 39.1. The Morgan fingerprint density at radius 3 is 1.35 bits per heavy atom. The van der Waals surface area contributed by atoms with Crippen LogP contribution in [0.25, 0.3) is 44.6 Å². The summed E-state index contributed by atoms with van der Waals surface area (Å²) in [5, 5.41) is 63.0. The van der Waals surface area contributed by atoms with Crippen LogP contribution in [0.5, 0.6) is 0 Å². The van der Waals surface area contributed by atoms with Crippen LogP contribution in [-0.4, -0.2) is 358 Å². The van der Waals surface area contributed by atoms with Crippen molar-refractivity contribution in [3.63, 3.8) is 0 Å². The van der Waals surface area contributed by atoms with E-state index in [0.717, 1.165) is 127 Å². The summed E-state index contributed by atoms with van der Waals surface area (Å²) in [7, 11) is -7.28. The van der Waals surface area contributed by atoms with Crippen molar-refractivity contribution in [1.29, 1.82) is 0 Å². The highest BCUT2D eigenvalue weighted by Gasteiger charge is 2.46. The predicted octanol–water partition coefficient (Wildman–Crippen LogP) is 7.00. The van der Waals surface area contributed by atoms with E-state index in [1.54, 1.807) is 74.5 Å². The Balaban J connectivity index is 0.000000203. The van der Waals surface area contributed by atoms with Gasteiger partial charge in [-0.2, -0.15) is 28.8 Å². The fourth-order valence-electron chi connectivity index (χ4n) is 15.3. The molecule has 3 saturated heterocycles. The van der Waals surface area contributed by atoms with Crippen LogP contribution in [0.3, 0.4) is 0 Å². The number of anilines is 2. The molecule has 1 unspecified atom stereocenters. The lowest BCUT2D eigenvalue weighted by molar-refractivity contribution is -0.136. The van der Waals surface area contributed by atoms with E-state index in [1.807, 2.05) is 42.3 Å². The van der Waals surface area contributed by atoms with E-state index in [-0.39, 0.29) is 97.4 Å². The summed E-state index contributed by atoms with van der Waals surface area (Å²) in [6, 6.07) is 16.7. The van der Waals surface area contributed by atoms with E-state index in [4.69, 9.17) is 83.5 Å². The maximum absolute atomic E-state index is 13.7. The molecule has 4 aromatic heterocycles. The Kier molecular flexibility index (Phi) is 46.5. The van der Waals surface area contributed by atoms with Crippen molar-refractivity contribution >= 4 is 89.8 Å². The van der Waals surface area contributed by atoms with E-state index in [2.05, 4.69) is 50.4 Å². The number of amides is 6.